The Kier molecular flexibility index (Phi) is 5.25. The van der Waals surface area contributed by atoms with E-state index in [-0.39, 0.29) is 23.3 Å². The van der Waals surface area contributed by atoms with Crippen molar-refractivity contribution in [1.82, 2.24) is 20.2 Å². The molecule has 1 aliphatic heterocycles. The number of rotatable bonds is 4. The van der Waals surface area contributed by atoms with E-state index in [0.29, 0.717) is 10.7 Å². The lowest BCUT2D eigenvalue weighted by molar-refractivity contribution is 0.0732. The Balaban J connectivity index is 1.81. The standard InChI is InChI=1S/C17H18ClN5O2/c1-23(13-6-7-19-10-13)17(25)15-14(20-8-9-21-15)16(24)22-12-4-2-11(18)3-5-12/h2-5,8-9,13,19H,6-7,10H2,1H3,(H,22,24). The van der Waals surface area contributed by atoms with Gasteiger partial charge in [0.2, 0.25) is 0 Å². The van der Waals surface area contributed by atoms with Gasteiger partial charge in [-0.2, -0.15) is 0 Å². The third-order valence-corrected chi connectivity index (χ3v) is 4.37. The predicted octanol–water partition coefficient (Wildman–Crippen LogP) is 1.82. The van der Waals surface area contributed by atoms with Crippen LogP contribution in [-0.4, -0.2) is 52.9 Å². The van der Waals surface area contributed by atoms with E-state index in [1.807, 2.05) is 0 Å². The highest BCUT2D eigenvalue weighted by Crippen LogP contribution is 2.16. The van der Waals surface area contributed by atoms with Gasteiger partial charge in [-0.15, -0.1) is 0 Å². The number of likely N-dealkylation sites (N-methyl/N-ethyl adjacent to an activating group) is 1. The molecule has 0 radical (unpaired) electrons. The fourth-order valence-electron chi connectivity index (χ4n) is 2.69. The van der Waals surface area contributed by atoms with E-state index in [0.717, 1.165) is 19.5 Å². The average Bonchev–Trinajstić information content (AvgIpc) is 3.17. The van der Waals surface area contributed by atoms with Crippen LogP contribution in [0.25, 0.3) is 0 Å². The Bertz CT molecular complexity index is 775. The molecule has 8 heteroatoms. The van der Waals surface area contributed by atoms with E-state index < -0.39 is 5.91 Å². The molecule has 1 aromatic heterocycles. The number of carbonyl (C=O) groups excluding carboxylic acids is 2. The quantitative estimate of drug-likeness (QED) is 0.869. The van der Waals surface area contributed by atoms with Crippen LogP contribution in [0.4, 0.5) is 5.69 Å². The third kappa shape index (κ3) is 3.94. The van der Waals surface area contributed by atoms with E-state index in [1.165, 1.54) is 12.4 Å². The molecular formula is C17H18ClN5O2. The number of aromatic nitrogens is 2. The largest absolute Gasteiger partial charge is 0.336 e. The van der Waals surface area contributed by atoms with Gasteiger partial charge in [0.15, 0.2) is 11.4 Å². The van der Waals surface area contributed by atoms with Crippen LogP contribution in [0.2, 0.25) is 5.02 Å². The molecule has 25 heavy (non-hydrogen) atoms. The van der Waals surface area contributed by atoms with Gasteiger partial charge in [-0.3, -0.25) is 9.59 Å². The lowest BCUT2D eigenvalue weighted by Crippen LogP contribution is -2.39. The summed E-state index contributed by atoms with van der Waals surface area (Å²) in [6.07, 6.45) is 3.67. The first-order chi connectivity index (χ1) is 12.1. The van der Waals surface area contributed by atoms with E-state index in [9.17, 15) is 9.59 Å². The minimum atomic E-state index is -0.489. The number of benzene rings is 1. The molecule has 2 aromatic rings. The van der Waals surface area contributed by atoms with E-state index >= 15 is 0 Å². The maximum atomic E-state index is 12.8. The fraction of sp³-hybridized carbons (Fsp3) is 0.294. The average molecular weight is 360 g/mol. The minimum Gasteiger partial charge on any atom is -0.336 e. The first-order valence-electron chi connectivity index (χ1n) is 7.92. The second kappa shape index (κ2) is 7.58. The van der Waals surface area contributed by atoms with E-state index in [1.54, 1.807) is 36.2 Å². The van der Waals surface area contributed by atoms with Crippen molar-refractivity contribution in [1.29, 1.82) is 0 Å². The van der Waals surface area contributed by atoms with Gasteiger partial charge in [0.1, 0.15) is 0 Å². The van der Waals surface area contributed by atoms with Gasteiger partial charge in [-0.05, 0) is 37.2 Å². The van der Waals surface area contributed by atoms with Crippen molar-refractivity contribution in [3.05, 3.63) is 53.1 Å². The summed E-state index contributed by atoms with van der Waals surface area (Å²) in [5, 5.41) is 6.49. The van der Waals surface area contributed by atoms with Gasteiger partial charge in [0.25, 0.3) is 11.8 Å². The van der Waals surface area contributed by atoms with Crippen LogP contribution in [0.3, 0.4) is 0 Å². The van der Waals surface area contributed by atoms with Crippen molar-refractivity contribution in [2.24, 2.45) is 0 Å². The number of hydrogen-bond acceptors (Lipinski definition) is 5. The van der Waals surface area contributed by atoms with Crippen molar-refractivity contribution >= 4 is 29.1 Å². The van der Waals surface area contributed by atoms with Crippen molar-refractivity contribution in [2.75, 3.05) is 25.5 Å². The highest BCUT2D eigenvalue weighted by Gasteiger charge is 2.28. The van der Waals surface area contributed by atoms with Gasteiger partial charge in [-0.25, -0.2) is 9.97 Å². The maximum Gasteiger partial charge on any atom is 0.276 e. The molecule has 130 valence electrons. The molecule has 1 saturated heterocycles. The Morgan fingerprint density at radius 1 is 1.20 bits per heavy atom. The maximum absolute atomic E-state index is 12.8. The first kappa shape index (κ1) is 17.3. The Labute approximate surface area is 150 Å². The summed E-state index contributed by atoms with van der Waals surface area (Å²) < 4.78 is 0. The summed E-state index contributed by atoms with van der Waals surface area (Å²) in [6, 6.07) is 6.77. The molecule has 2 N–H and O–H groups in total. The molecule has 3 rings (SSSR count). The van der Waals surface area contributed by atoms with Crippen molar-refractivity contribution in [2.45, 2.75) is 12.5 Å². The third-order valence-electron chi connectivity index (χ3n) is 4.12. The van der Waals surface area contributed by atoms with Crippen molar-refractivity contribution in [3.8, 4) is 0 Å². The summed E-state index contributed by atoms with van der Waals surface area (Å²) in [6.45, 7) is 1.60. The fourth-order valence-corrected chi connectivity index (χ4v) is 2.81. The van der Waals surface area contributed by atoms with Gasteiger partial charge in [0, 0.05) is 42.7 Å². The number of nitrogens with zero attached hydrogens (tertiary/aromatic N) is 3. The Hall–Kier alpha value is -2.51. The summed E-state index contributed by atoms with van der Waals surface area (Å²) in [5.41, 5.74) is 0.607. The Morgan fingerprint density at radius 2 is 1.88 bits per heavy atom. The summed E-state index contributed by atoms with van der Waals surface area (Å²) in [4.78, 5) is 35.1. The molecule has 2 heterocycles. The minimum absolute atomic E-state index is 0.000237. The highest BCUT2D eigenvalue weighted by molar-refractivity contribution is 6.30. The molecule has 0 spiro atoms. The van der Waals surface area contributed by atoms with Crippen molar-refractivity contribution < 1.29 is 9.59 Å². The predicted molar refractivity (Wildman–Crippen MR) is 94.8 cm³/mol. The Morgan fingerprint density at radius 3 is 2.52 bits per heavy atom. The molecule has 1 aromatic carbocycles. The van der Waals surface area contributed by atoms with Gasteiger partial charge in [0.05, 0.1) is 0 Å². The molecule has 2 amide bonds. The molecule has 1 atom stereocenters. The van der Waals surface area contributed by atoms with Crippen LogP contribution in [0.15, 0.2) is 36.7 Å². The molecule has 7 nitrogen and oxygen atoms in total. The molecule has 1 unspecified atom stereocenters. The number of nitrogens with one attached hydrogen (secondary N) is 2. The normalized spacial score (nSPS) is 16.5. The number of carbonyl (C=O) groups is 2. The van der Waals surface area contributed by atoms with Gasteiger partial charge >= 0.3 is 0 Å². The summed E-state index contributed by atoms with van der Waals surface area (Å²) in [5.74, 6) is -0.806. The van der Waals surface area contributed by atoms with Crippen LogP contribution in [-0.2, 0) is 0 Å². The molecule has 0 aliphatic carbocycles. The van der Waals surface area contributed by atoms with Crippen LogP contribution in [0, 0.1) is 0 Å². The molecular weight excluding hydrogens is 342 g/mol. The number of halogens is 1. The summed E-state index contributed by atoms with van der Waals surface area (Å²) in [7, 11) is 1.72. The molecule has 0 saturated carbocycles. The van der Waals surface area contributed by atoms with Crippen LogP contribution in [0.5, 0.6) is 0 Å². The zero-order chi connectivity index (χ0) is 17.8. The van der Waals surface area contributed by atoms with Crippen molar-refractivity contribution in [3.63, 3.8) is 0 Å². The number of hydrogen-bond donors (Lipinski definition) is 2. The number of anilines is 1. The second-order valence-electron chi connectivity index (χ2n) is 5.78. The number of amides is 2. The first-order valence-corrected chi connectivity index (χ1v) is 8.30. The van der Waals surface area contributed by atoms with E-state index in [4.69, 9.17) is 11.6 Å². The van der Waals surface area contributed by atoms with Gasteiger partial charge in [-0.1, -0.05) is 11.6 Å². The van der Waals surface area contributed by atoms with Crippen LogP contribution in [0.1, 0.15) is 27.4 Å². The topological polar surface area (TPSA) is 87.2 Å². The van der Waals surface area contributed by atoms with E-state index in [2.05, 4.69) is 20.6 Å². The smallest absolute Gasteiger partial charge is 0.276 e. The van der Waals surface area contributed by atoms with Crippen LogP contribution >= 0.6 is 11.6 Å². The molecule has 1 aliphatic rings. The summed E-state index contributed by atoms with van der Waals surface area (Å²) >= 11 is 5.84. The highest BCUT2D eigenvalue weighted by atomic mass is 35.5. The monoisotopic (exact) mass is 359 g/mol. The zero-order valence-corrected chi connectivity index (χ0v) is 14.5. The second-order valence-corrected chi connectivity index (χ2v) is 6.21. The van der Waals surface area contributed by atoms with Crippen LogP contribution < -0.4 is 10.6 Å². The SMILES string of the molecule is CN(C(=O)c1nccnc1C(=O)Nc1ccc(Cl)cc1)C1CCNC1. The van der Waals surface area contributed by atoms with Gasteiger partial charge < -0.3 is 15.5 Å². The lowest BCUT2D eigenvalue weighted by atomic mass is 10.2. The molecule has 0 bridgehead atoms. The zero-order valence-electron chi connectivity index (χ0n) is 13.7. The lowest BCUT2D eigenvalue weighted by Gasteiger charge is -2.23. The molecule has 1 fully saturated rings.